The van der Waals surface area contributed by atoms with Gasteiger partial charge in [0.15, 0.2) is 0 Å². The Bertz CT molecular complexity index is 827. The first-order valence-electron chi connectivity index (χ1n) is 5.88. The third-order valence-electron chi connectivity index (χ3n) is 3.09. The number of nitroso groups, excluding NO2 is 1. The SMILES string of the molecule is Cc1cccc2nc(-c3ccc(Cl)c(Cl)c3)c(N=O)n12. The van der Waals surface area contributed by atoms with Crippen LogP contribution >= 0.6 is 23.2 Å². The molecule has 0 bridgehead atoms. The Kier molecular flexibility index (Phi) is 3.20. The predicted octanol–water partition coefficient (Wildman–Crippen LogP) is 5.01. The molecule has 0 amide bonds. The van der Waals surface area contributed by atoms with E-state index in [-0.39, 0.29) is 5.82 Å². The number of imidazole rings is 1. The van der Waals surface area contributed by atoms with Crippen molar-refractivity contribution in [2.45, 2.75) is 6.92 Å². The highest BCUT2D eigenvalue weighted by Gasteiger charge is 2.16. The van der Waals surface area contributed by atoms with Crippen LogP contribution in [0.15, 0.2) is 41.6 Å². The molecule has 0 radical (unpaired) electrons. The highest BCUT2D eigenvalue weighted by molar-refractivity contribution is 6.42. The van der Waals surface area contributed by atoms with Gasteiger partial charge in [-0.15, -0.1) is 4.91 Å². The fourth-order valence-electron chi connectivity index (χ4n) is 2.16. The van der Waals surface area contributed by atoms with Crippen LogP contribution in [0.3, 0.4) is 0 Å². The van der Waals surface area contributed by atoms with Crippen LogP contribution in [0, 0.1) is 11.8 Å². The number of fused-ring (bicyclic) bond motifs is 1. The van der Waals surface area contributed by atoms with Gasteiger partial charge < -0.3 is 0 Å². The molecule has 1 aromatic carbocycles. The lowest BCUT2D eigenvalue weighted by Gasteiger charge is -2.01. The second-order valence-corrected chi connectivity index (χ2v) is 5.18. The van der Waals surface area contributed by atoms with Gasteiger partial charge in [0, 0.05) is 11.3 Å². The van der Waals surface area contributed by atoms with E-state index in [1.165, 1.54) is 0 Å². The average molecular weight is 306 g/mol. The molecular formula is C14H9Cl2N3O. The van der Waals surface area contributed by atoms with E-state index < -0.39 is 0 Å². The van der Waals surface area contributed by atoms with Gasteiger partial charge in [0.2, 0.25) is 5.82 Å². The Morgan fingerprint density at radius 3 is 2.65 bits per heavy atom. The van der Waals surface area contributed by atoms with Crippen molar-refractivity contribution in [2.24, 2.45) is 5.18 Å². The molecule has 0 aliphatic rings. The molecule has 2 heterocycles. The van der Waals surface area contributed by atoms with Crippen molar-refractivity contribution in [1.82, 2.24) is 9.38 Å². The minimum Gasteiger partial charge on any atom is -0.278 e. The van der Waals surface area contributed by atoms with Gasteiger partial charge in [0.1, 0.15) is 11.3 Å². The van der Waals surface area contributed by atoms with Crippen molar-refractivity contribution >= 4 is 34.7 Å². The zero-order valence-corrected chi connectivity index (χ0v) is 12.0. The lowest BCUT2D eigenvalue weighted by Crippen LogP contribution is -1.88. The monoisotopic (exact) mass is 305 g/mol. The highest BCUT2D eigenvalue weighted by atomic mass is 35.5. The second-order valence-electron chi connectivity index (χ2n) is 4.36. The van der Waals surface area contributed by atoms with Crippen LogP contribution in [-0.2, 0) is 0 Å². The maximum atomic E-state index is 11.2. The lowest BCUT2D eigenvalue weighted by atomic mass is 10.1. The summed E-state index contributed by atoms with van der Waals surface area (Å²) < 4.78 is 1.71. The molecule has 0 saturated heterocycles. The molecule has 0 spiro atoms. The normalized spacial score (nSPS) is 10.9. The molecule has 4 nitrogen and oxygen atoms in total. The Morgan fingerprint density at radius 1 is 1.15 bits per heavy atom. The van der Waals surface area contributed by atoms with Crippen LogP contribution in [-0.4, -0.2) is 9.38 Å². The molecule has 0 aliphatic heterocycles. The molecular weight excluding hydrogens is 297 g/mol. The van der Waals surface area contributed by atoms with Crippen molar-refractivity contribution in [3.05, 3.63) is 57.0 Å². The molecule has 0 N–H and O–H groups in total. The Hall–Kier alpha value is -1.91. The van der Waals surface area contributed by atoms with Crippen LogP contribution in [0.25, 0.3) is 16.9 Å². The number of hydrogen-bond acceptors (Lipinski definition) is 3. The third-order valence-corrected chi connectivity index (χ3v) is 3.83. The van der Waals surface area contributed by atoms with Gasteiger partial charge in [0.05, 0.1) is 10.0 Å². The third kappa shape index (κ3) is 1.97. The molecule has 20 heavy (non-hydrogen) atoms. The fraction of sp³-hybridized carbons (Fsp3) is 0.0714. The van der Waals surface area contributed by atoms with E-state index in [1.807, 2.05) is 25.1 Å². The van der Waals surface area contributed by atoms with Crippen molar-refractivity contribution < 1.29 is 0 Å². The number of pyridine rings is 1. The molecule has 0 atom stereocenters. The highest BCUT2D eigenvalue weighted by Crippen LogP contribution is 2.34. The largest absolute Gasteiger partial charge is 0.278 e. The summed E-state index contributed by atoms with van der Waals surface area (Å²) in [6.45, 7) is 1.89. The molecule has 0 unspecified atom stereocenters. The topological polar surface area (TPSA) is 46.7 Å². The Balaban J connectivity index is 2.33. The van der Waals surface area contributed by atoms with Gasteiger partial charge in [-0.1, -0.05) is 35.3 Å². The van der Waals surface area contributed by atoms with E-state index in [1.54, 1.807) is 22.6 Å². The van der Waals surface area contributed by atoms with Crippen LogP contribution in [0.1, 0.15) is 5.69 Å². The summed E-state index contributed by atoms with van der Waals surface area (Å²) in [6.07, 6.45) is 0. The number of aryl methyl sites for hydroxylation is 1. The second kappa shape index (κ2) is 4.89. The molecule has 3 rings (SSSR count). The van der Waals surface area contributed by atoms with Gasteiger partial charge in [-0.25, -0.2) is 4.98 Å². The Morgan fingerprint density at radius 2 is 1.95 bits per heavy atom. The van der Waals surface area contributed by atoms with Crippen molar-refractivity contribution in [3.8, 4) is 11.3 Å². The van der Waals surface area contributed by atoms with Crippen molar-refractivity contribution in [2.75, 3.05) is 0 Å². The van der Waals surface area contributed by atoms with Crippen LogP contribution in [0.5, 0.6) is 0 Å². The van der Waals surface area contributed by atoms with Gasteiger partial charge in [0.25, 0.3) is 0 Å². The number of nitrogens with zero attached hydrogens (tertiary/aromatic N) is 3. The minimum absolute atomic E-state index is 0.261. The first-order chi connectivity index (χ1) is 9.61. The Labute approximate surface area is 124 Å². The first-order valence-corrected chi connectivity index (χ1v) is 6.64. The number of halogens is 2. The average Bonchev–Trinajstić information content (AvgIpc) is 2.82. The molecule has 0 fully saturated rings. The molecule has 0 aliphatic carbocycles. The molecule has 100 valence electrons. The molecule has 6 heteroatoms. The minimum atomic E-state index is 0.261. The summed E-state index contributed by atoms with van der Waals surface area (Å²) in [7, 11) is 0. The predicted molar refractivity (Wildman–Crippen MR) is 80.8 cm³/mol. The van der Waals surface area contributed by atoms with Gasteiger partial charge >= 0.3 is 0 Å². The van der Waals surface area contributed by atoms with Crippen molar-refractivity contribution in [3.63, 3.8) is 0 Å². The molecule has 0 saturated carbocycles. The van der Waals surface area contributed by atoms with E-state index >= 15 is 0 Å². The summed E-state index contributed by atoms with van der Waals surface area (Å²) in [4.78, 5) is 15.7. The number of benzene rings is 1. The zero-order chi connectivity index (χ0) is 14.3. The smallest absolute Gasteiger partial charge is 0.209 e. The number of rotatable bonds is 2. The lowest BCUT2D eigenvalue weighted by molar-refractivity contribution is 1.08. The van der Waals surface area contributed by atoms with Crippen LogP contribution in [0.4, 0.5) is 5.82 Å². The summed E-state index contributed by atoms with van der Waals surface area (Å²) in [5.74, 6) is 0.261. The zero-order valence-electron chi connectivity index (χ0n) is 10.5. The summed E-state index contributed by atoms with van der Waals surface area (Å²) in [5.41, 5.74) is 2.75. The van der Waals surface area contributed by atoms with Gasteiger partial charge in [-0.05, 0) is 36.4 Å². The summed E-state index contributed by atoms with van der Waals surface area (Å²) >= 11 is 11.9. The van der Waals surface area contributed by atoms with E-state index in [2.05, 4.69) is 10.2 Å². The quantitative estimate of drug-likeness (QED) is 0.624. The van der Waals surface area contributed by atoms with Crippen LogP contribution < -0.4 is 0 Å². The van der Waals surface area contributed by atoms with E-state index in [4.69, 9.17) is 23.2 Å². The standard InChI is InChI=1S/C14H9Cl2N3O/c1-8-3-2-4-12-17-13(14(18-20)19(8)12)9-5-6-10(15)11(16)7-9/h2-7H,1H3. The maximum absolute atomic E-state index is 11.2. The van der Waals surface area contributed by atoms with Crippen LogP contribution in [0.2, 0.25) is 10.0 Å². The summed E-state index contributed by atoms with van der Waals surface area (Å²) in [6, 6.07) is 10.7. The number of hydrogen-bond donors (Lipinski definition) is 0. The van der Waals surface area contributed by atoms with E-state index in [0.29, 0.717) is 26.9 Å². The van der Waals surface area contributed by atoms with Gasteiger partial charge in [-0.2, -0.15) is 0 Å². The van der Waals surface area contributed by atoms with Gasteiger partial charge in [-0.3, -0.25) is 4.40 Å². The van der Waals surface area contributed by atoms with E-state index in [0.717, 1.165) is 5.69 Å². The fourth-order valence-corrected chi connectivity index (χ4v) is 2.46. The first kappa shape index (κ1) is 13.1. The van der Waals surface area contributed by atoms with E-state index in [9.17, 15) is 4.91 Å². The number of aromatic nitrogens is 2. The molecule has 3 aromatic rings. The molecule has 2 aromatic heterocycles. The van der Waals surface area contributed by atoms with Crippen molar-refractivity contribution in [1.29, 1.82) is 0 Å². The maximum Gasteiger partial charge on any atom is 0.209 e. The summed E-state index contributed by atoms with van der Waals surface area (Å²) in [5, 5.41) is 3.99.